The summed E-state index contributed by atoms with van der Waals surface area (Å²) in [5.41, 5.74) is -1.25. The lowest BCUT2D eigenvalue weighted by atomic mass is 9.94. The van der Waals surface area contributed by atoms with E-state index in [1.165, 1.54) is 6.92 Å². The van der Waals surface area contributed by atoms with E-state index < -0.39 is 53.9 Å². The first-order chi connectivity index (χ1) is 13.0. The van der Waals surface area contributed by atoms with E-state index >= 15 is 0 Å². The second-order valence-corrected chi connectivity index (χ2v) is 7.04. The van der Waals surface area contributed by atoms with E-state index in [0.29, 0.717) is 0 Å². The first kappa shape index (κ1) is 22.5. The van der Waals surface area contributed by atoms with Crippen molar-refractivity contribution in [1.29, 1.82) is 0 Å². The summed E-state index contributed by atoms with van der Waals surface area (Å²) < 4.78 is 38.0. The quantitative estimate of drug-likeness (QED) is 0.325. The molecular weight excluding hydrogens is 376 g/mol. The van der Waals surface area contributed by atoms with Gasteiger partial charge in [-0.1, -0.05) is 0 Å². The van der Waals surface area contributed by atoms with Crippen molar-refractivity contribution in [2.45, 2.75) is 77.5 Å². The molecule has 0 spiro atoms. The van der Waals surface area contributed by atoms with Crippen LogP contribution < -0.4 is 0 Å². The highest BCUT2D eigenvalue weighted by Gasteiger charge is 2.63. The zero-order valence-corrected chi connectivity index (χ0v) is 17.0. The Balaban J connectivity index is 2.15. The molecule has 4 atom stereocenters. The van der Waals surface area contributed by atoms with Gasteiger partial charge < -0.3 is 33.2 Å². The summed E-state index contributed by atoms with van der Waals surface area (Å²) in [4.78, 5) is 35.8. The van der Waals surface area contributed by atoms with Crippen LogP contribution in [0.15, 0.2) is 0 Å². The molecule has 0 aromatic rings. The predicted molar refractivity (Wildman–Crippen MR) is 91.9 cm³/mol. The Bertz CT molecular complexity index is 585. The summed E-state index contributed by atoms with van der Waals surface area (Å²) in [7, 11) is 0. The molecule has 0 saturated carbocycles. The van der Waals surface area contributed by atoms with Crippen molar-refractivity contribution in [2.24, 2.45) is 0 Å². The van der Waals surface area contributed by atoms with Crippen molar-refractivity contribution in [3.05, 3.63) is 0 Å². The zero-order chi connectivity index (χ0) is 21.1. The van der Waals surface area contributed by atoms with Gasteiger partial charge in [-0.3, -0.25) is 4.79 Å². The molecule has 2 heterocycles. The van der Waals surface area contributed by atoms with Crippen LogP contribution in [0.2, 0.25) is 0 Å². The molecule has 0 aromatic carbocycles. The third-order valence-corrected chi connectivity index (χ3v) is 4.34. The van der Waals surface area contributed by atoms with E-state index in [9.17, 15) is 14.4 Å². The minimum atomic E-state index is -1.58. The van der Waals surface area contributed by atoms with Gasteiger partial charge in [-0.05, 0) is 34.6 Å². The zero-order valence-electron chi connectivity index (χ0n) is 17.0. The van der Waals surface area contributed by atoms with Gasteiger partial charge in [-0.25, -0.2) is 9.59 Å². The summed E-state index contributed by atoms with van der Waals surface area (Å²) in [6.45, 7) is 9.42. The van der Waals surface area contributed by atoms with Crippen LogP contribution in [0.3, 0.4) is 0 Å². The first-order valence-corrected chi connectivity index (χ1v) is 9.19. The topological polar surface area (TPSA) is 116 Å². The Labute approximate surface area is 163 Å². The molecule has 0 unspecified atom stereocenters. The summed E-state index contributed by atoms with van der Waals surface area (Å²) >= 11 is 0. The highest BCUT2D eigenvalue weighted by Crippen LogP contribution is 2.45. The third kappa shape index (κ3) is 4.80. The van der Waals surface area contributed by atoms with Gasteiger partial charge in [0.15, 0.2) is 23.8 Å². The molecule has 2 aliphatic heterocycles. The monoisotopic (exact) mass is 404 g/mol. The predicted octanol–water partition coefficient (Wildman–Crippen LogP) is 0.696. The fraction of sp³-hybridized carbons (Fsp3) is 0.833. The van der Waals surface area contributed by atoms with E-state index in [1.807, 2.05) is 0 Å². The van der Waals surface area contributed by atoms with Crippen LogP contribution in [-0.2, 0) is 47.5 Å². The van der Waals surface area contributed by atoms with Gasteiger partial charge in [0.25, 0.3) is 6.10 Å². The fourth-order valence-electron chi connectivity index (χ4n) is 3.19. The molecule has 0 amide bonds. The molecule has 2 aliphatic rings. The molecule has 10 nitrogen and oxygen atoms in total. The van der Waals surface area contributed by atoms with Crippen molar-refractivity contribution in [3.8, 4) is 0 Å². The number of esters is 3. The second kappa shape index (κ2) is 8.73. The fourth-order valence-corrected chi connectivity index (χ4v) is 3.19. The molecule has 0 aromatic heterocycles. The van der Waals surface area contributed by atoms with E-state index in [0.717, 1.165) is 0 Å². The van der Waals surface area contributed by atoms with Crippen LogP contribution >= 0.6 is 0 Å². The van der Waals surface area contributed by atoms with Gasteiger partial charge >= 0.3 is 17.9 Å². The molecule has 160 valence electrons. The highest BCUT2D eigenvalue weighted by atomic mass is 16.8. The van der Waals surface area contributed by atoms with Gasteiger partial charge in [0.05, 0.1) is 19.8 Å². The summed E-state index contributed by atoms with van der Waals surface area (Å²) in [6.07, 6.45) is -3.93. The molecule has 0 bridgehead atoms. The minimum Gasteiger partial charge on any atom is -0.464 e. The average Bonchev–Trinajstić information content (AvgIpc) is 2.99. The number of ether oxygens (including phenoxy) is 7. The molecule has 10 heteroatoms. The average molecular weight is 404 g/mol. The van der Waals surface area contributed by atoms with Crippen LogP contribution in [0.25, 0.3) is 0 Å². The second-order valence-electron chi connectivity index (χ2n) is 7.04. The van der Waals surface area contributed by atoms with Crippen LogP contribution in [-0.4, -0.2) is 73.7 Å². The van der Waals surface area contributed by atoms with Crippen LogP contribution in [0.1, 0.15) is 41.5 Å². The van der Waals surface area contributed by atoms with Crippen molar-refractivity contribution in [2.75, 3.05) is 19.8 Å². The Kier molecular flexibility index (Phi) is 7.02. The first-order valence-electron chi connectivity index (χ1n) is 9.19. The van der Waals surface area contributed by atoms with Gasteiger partial charge in [-0.15, -0.1) is 0 Å². The van der Waals surface area contributed by atoms with E-state index in [-0.39, 0.29) is 19.8 Å². The maximum atomic E-state index is 12.1. The summed E-state index contributed by atoms with van der Waals surface area (Å²) in [6, 6.07) is 0. The number of hydrogen-bond donors (Lipinski definition) is 0. The van der Waals surface area contributed by atoms with Crippen LogP contribution in [0.5, 0.6) is 0 Å². The van der Waals surface area contributed by atoms with E-state index in [2.05, 4.69) is 0 Å². The third-order valence-electron chi connectivity index (χ3n) is 4.34. The molecule has 0 aliphatic carbocycles. The maximum Gasteiger partial charge on any atom is 0.347 e. The van der Waals surface area contributed by atoms with Crippen molar-refractivity contribution in [3.63, 3.8) is 0 Å². The van der Waals surface area contributed by atoms with Gasteiger partial charge in [0.1, 0.15) is 6.10 Å². The number of carbonyl (C=O) groups is 3. The van der Waals surface area contributed by atoms with Crippen LogP contribution in [0, 0.1) is 0 Å². The highest BCUT2D eigenvalue weighted by molar-refractivity contribution is 5.98. The SMILES string of the molecule is CCOC(=O)C(OC[C@H]1O[C@@H]2OC(C)(C)O[C@@H]2[C@]1(C)OC(C)=O)C(=O)OCC. The maximum absolute atomic E-state index is 12.1. The van der Waals surface area contributed by atoms with Crippen molar-refractivity contribution >= 4 is 17.9 Å². The van der Waals surface area contributed by atoms with Gasteiger partial charge in [0.2, 0.25) is 0 Å². The van der Waals surface area contributed by atoms with Crippen LogP contribution in [0.4, 0.5) is 0 Å². The Morgan fingerprint density at radius 2 is 1.57 bits per heavy atom. The smallest absolute Gasteiger partial charge is 0.347 e. The van der Waals surface area contributed by atoms with Crippen molar-refractivity contribution < 1.29 is 47.5 Å². The number of rotatable bonds is 8. The lowest BCUT2D eigenvalue weighted by molar-refractivity contribution is -0.240. The number of carbonyl (C=O) groups excluding carboxylic acids is 3. The Morgan fingerprint density at radius 3 is 2.07 bits per heavy atom. The van der Waals surface area contributed by atoms with Gasteiger partial charge in [0, 0.05) is 6.92 Å². The largest absolute Gasteiger partial charge is 0.464 e. The summed E-state index contributed by atoms with van der Waals surface area (Å²) in [5.74, 6) is -3.21. The van der Waals surface area contributed by atoms with E-state index in [4.69, 9.17) is 33.2 Å². The molecule has 2 fully saturated rings. The van der Waals surface area contributed by atoms with E-state index in [1.54, 1.807) is 34.6 Å². The standard InChI is InChI=1S/C18H28O10/c1-7-22-14(20)12(15(21)23-8-2)24-9-11-18(6,26-10(3)19)13-16(25-11)28-17(4,5)27-13/h11-13,16H,7-9H2,1-6H3/t11-,13+,16-,18-/m1/s1. The molecule has 28 heavy (non-hydrogen) atoms. The number of fused-ring (bicyclic) bond motifs is 1. The Hall–Kier alpha value is -1.75. The normalized spacial score (nSPS) is 30.8. The minimum absolute atomic E-state index is 0.0735. The molecule has 0 N–H and O–H groups in total. The summed E-state index contributed by atoms with van der Waals surface area (Å²) in [5, 5.41) is 0. The number of hydrogen-bond acceptors (Lipinski definition) is 10. The molecule has 2 saturated heterocycles. The van der Waals surface area contributed by atoms with Crippen molar-refractivity contribution in [1.82, 2.24) is 0 Å². The molecular formula is C18H28O10. The Morgan fingerprint density at radius 1 is 1.00 bits per heavy atom. The lowest BCUT2D eigenvalue weighted by Gasteiger charge is -2.34. The molecule has 2 rings (SSSR count). The lowest BCUT2D eigenvalue weighted by Crippen LogP contribution is -2.52. The molecule has 0 radical (unpaired) electrons. The van der Waals surface area contributed by atoms with Gasteiger partial charge in [-0.2, -0.15) is 0 Å².